The summed E-state index contributed by atoms with van der Waals surface area (Å²) in [6.45, 7) is 2.07. The number of ether oxygens (including phenoxy) is 1. The van der Waals surface area contributed by atoms with Crippen molar-refractivity contribution in [1.29, 1.82) is 0 Å². The van der Waals surface area contributed by atoms with Gasteiger partial charge in [-0.2, -0.15) is 13.2 Å². The molecule has 2 aromatic rings. The first-order valence-corrected chi connectivity index (χ1v) is 7.19. The first-order valence-electron chi connectivity index (χ1n) is 7.19. The first-order chi connectivity index (χ1) is 11.7. The van der Waals surface area contributed by atoms with Gasteiger partial charge in [-0.15, -0.1) is 0 Å². The number of nitrogens with one attached hydrogen (secondary N) is 1. The molecule has 0 fully saturated rings. The number of aromatic carboxylic acids is 1. The lowest BCUT2D eigenvalue weighted by Crippen LogP contribution is -2.14. The molecule has 0 atom stereocenters. The number of carbonyl (C=O) groups excluding carboxylic acids is 1. The second-order valence-corrected chi connectivity index (χ2v) is 5.02. The van der Waals surface area contributed by atoms with E-state index in [4.69, 9.17) is 14.3 Å². The second-order valence-electron chi connectivity index (χ2n) is 5.02. The van der Waals surface area contributed by atoms with Gasteiger partial charge in [0.05, 0.1) is 23.4 Å². The summed E-state index contributed by atoms with van der Waals surface area (Å²) in [6.07, 6.45) is -3.11. The summed E-state index contributed by atoms with van der Waals surface area (Å²) >= 11 is 0. The van der Waals surface area contributed by atoms with Crippen LogP contribution in [0.5, 0.6) is 5.75 Å². The number of alkyl halides is 3. The molecule has 25 heavy (non-hydrogen) atoms. The van der Waals surface area contributed by atoms with Crippen molar-refractivity contribution in [2.75, 3.05) is 11.9 Å². The van der Waals surface area contributed by atoms with Crippen LogP contribution in [0.3, 0.4) is 0 Å². The molecule has 1 aromatic heterocycles. The van der Waals surface area contributed by atoms with Crippen LogP contribution >= 0.6 is 0 Å². The Labute approximate surface area is 140 Å². The lowest BCUT2D eigenvalue weighted by Gasteiger charge is -2.14. The van der Waals surface area contributed by atoms with Crippen molar-refractivity contribution in [2.24, 2.45) is 0 Å². The second kappa shape index (κ2) is 7.29. The average molecular weight is 357 g/mol. The van der Waals surface area contributed by atoms with Gasteiger partial charge in [-0.25, -0.2) is 4.79 Å². The van der Waals surface area contributed by atoms with Crippen LogP contribution in [0.4, 0.5) is 18.9 Å². The van der Waals surface area contributed by atoms with Crippen LogP contribution in [0.1, 0.15) is 39.8 Å². The van der Waals surface area contributed by atoms with E-state index < -0.39 is 23.6 Å². The van der Waals surface area contributed by atoms with Gasteiger partial charge in [0.2, 0.25) is 0 Å². The summed E-state index contributed by atoms with van der Waals surface area (Å²) in [5, 5.41) is 11.0. The van der Waals surface area contributed by atoms with Gasteiger partial charge in [-0.05, 0) is 24.6 Å². The Morgan fingerprint density at radius 2 is 2.00 bits per heavy atom. The predicted molar refractivity (Wildman–Crippen MR) is 80.9 cm³/mol. The molecule has 0 aliphatic rings. The quantitative estimate of drug-likeness (QED) is 0.815. The Balaban J connectivity index is 2.30. The van der Waals surface area contributed by atoms with Crippen LogP contribution in [-0.4, -0.2) is 23.6 Å². The number of carboxylic acids is 1. The highest BCUT2D eigenvalue weighted by Gasteiger charge is 2.31. The maximum absolute atomic E-state index is 12.9. The number of anilines is 1. The van der Waals surface area contributed by atoms with E-state index in [0.29, 0.717) is 6.42 Å². The SMILES string of the molecule is CCCOc1ccc(C(F)(F)F)cc1NC(=O)c1cc(C(=O)O)co1. The molecule has 6 nitrogen and oxygen atoms in total. The molecule has 0 unspecified atom stereocenters. The van der Waals surface area contributed by atoms with Gasteiger partial charge < -0.3 is 19.6 Å². The van der Waals surface area contributed by atoms with Gasteiger partial charge in [-0.1, -0.05) is 6.92 Å². The first kappa shape index (κ1) is 18.4. The third kappa shape index (κ3) is 4.52. The van der Waals surface area contributed by atoms with E-state index in [1.54, 1.807) is 0 Å². The van der Waals surface area contributed by atoms with Gasteiger partial charge in [0.25, 0.3) is 5.91 Å². The maximum atomic E-state index is 12.9. The van der Waals surface area contributed by atoms with Gasteiger partial charge in [-0.3, -0.25) is 4.79 Å². The molecule has 9 heteroatoms. The molecule has 0 aliphatic heterocycles. The van der Waals surface area contributed by atoms with Crippen molar-refractivity contribution < 1.29 is 37.0 Å². The number of carboxylic acid groups (broad SMARTS) is 1. The van der Waals surface area contributed by atoms with Gasteiger partial charge in [0.15, 0.2) is 5.76 Å². The number of rotatable bonds is 6. The van der Waals surface area contributed by atoms with Crippen LogP contribution in [0, 0.1) is 0 Å². The Hall–Kier alpha value is -2.97. The van der Waals surface area contributed by atoms with E-state index in [2.05, 4.69) is 5.32 Å². The number of benzene rings is 1. The van der Waals surface area contributed by atoms with Crippen molar-refractivity contribution >= 4 is 17.6 Å². The fourth-order valence-electron chi connectivity index (χ4n) is 1.89. The topological polar surface area (TPSA) is 88.8 Å². The minimum Gasteiger partial charge on any atom is -0.491 e. The van der Waals surface area contributed by atoms with E-state index in [1.807, 2.05) is 6.92 Å². The van der Waals surface area contributed by atoms with Crippen LogP contribution in [-0.2, 0) is 6.18 Å². The molecular weight excluding hydrogens is 343 g/mol. The highest BCUT2D eigenvalue weighted by molar-refractivity contribution is 6.04. The zero-order valence-corrected chi connectivity index (χ0v) is 13.0. The number of furan rings is 1. The number of amides is 1. The zero-order valence-electron chi connectivity index (χ0n) is 13.0. The van der Waals surface area contributed by atoms with Gasteiger partial charge in [0, 0.05) is 6.07 Å². The minimum absolute atomic E-state index is 0.0632. The number of halogens is 3. The highest BCUT2D eigenvalue weighted by Crippen LogP contribution is 2.35. The molecule has 1 aromatic carbocycles. The van der Waals surface area contributed by atoms with Crippen molar-refractivity contribution in [1.82, 2.24) is 0 Å². The zero-order chi connectivity index (χ0) is 18.6. The van der Waals surface area contributed by atoms with E-state index in [-0.39, 0.29) is 29.4 Å². The van der Waals surface area contributed by atoms with Crippen molar-refractivity contribution in [3.8, 4) is 5.75 Å². The largest absolute Gasteiger partial charge is 0.491 e. The summed E-state index contributed by atoms with van der Waals surface area (Å²) in [6, 6.07) is 3.66. The Kier molecular flexibility index (Phi) is 5.35. The molecule has 1 amide bonds. The molecule has 0 radical (unpaired) electrons. The summed E-state index contributed by atoms with van der Waals surface area (Å²) in [5.41, 5.74) is -1.41. The van der Waals surface area contributed by atoms with Crippen LogP contribution in [0.2, 0.25) is 0 Å². The number of hydrogen-bond acceptors (Lipinski definition) is 4. The fourth-order valence-corrected chi connectivity index (χ4v) is 1.89. The van der Waals surface area contributed by atoms with Crippen LogP contribution in [0.15, 0.2) is 34.9 Å². The van der Waals surface area contributed by atoms with Crippen molar-refractivity contribution in [2.45, 2.75) is 19.5 Å². The summed E-state index contributed by atoms with van der Waals surface area (Å²) in [7, 11) is 0. The molecule has 2 rings (SSSR count). The predicted octanol–water partition coefficient (Wildman–Crippen LogP) is 4.04. The van der Waals surface area contributed by atoms with E-state index in [0.717, 1.165) is 30.5 Å². The van der Waals surface area contributed by atoms with Crippen molar-refractivity contribution in [3.63, 3.8) is 0 Å². The lowest BCUT2D eigenvalue weighted by atomic mass is 10.1. The standard InChI is InChI=1S/C16H14F3NO5/c1-2-5-24-12-4-3-10(16(17,18)19)7-11(12)20-14(21)13-6-9(8-25-13)15(22)23/h3-4,6-8H,2,5H2,1H3,(H,20,21)(H,22,23). The minimum atomic E-state index is -4.59. The molecular formula is C16H14F3NO5. The molecule has 0 aliphatic carbocycles. The van der Waals surface area contributed by atoms with Crippen LogP contribution in [0.25, 0.3) is 0 Å². The lowest BCUT2D eigenvalue weighted by molar-refractivity contribution is -0.137. The number of carbonyl (C=O) groups is 2. The summed E-state index contributed by atoms with van der Waals surface area (Å²) in [4.78, 5) is 22.9. The van der Waals surface area contributed by atoms with Crippen molar-refractivity contribution in [3.05, 3.63) is 47.4 Å². The van der Waals surface area contributed by atoms with E-state index in [1.165, 1.54) is 0 Å². The highest BCUT2D eigenvalue weighted by atomic mass is 19.4. The summed E-state index contributed by atoms with van der Waals surface area (Å²) in [5.74, 6) is -2.48. The number of hydrogen-bond donors (Lipinski definition) is 2. The molecule has 2 N–H and O–H groups in total. The van der Waals surface area contributed by atoms with E-state index in [9.17, 15) is 22.8 Å². The van der Waals surface area contributed by atoms with Gasteiger partial charge >= 0.3 is 12.1 Å². The normalized spacial score (nSPS) is 11.2. The van der Waals surface area contributed by atoms with Gasteiger partial charge in [0.1, 0.15) is 12.0 Å². The molecule has 0 saturated carbocycles. The Bertz CT molecular complexity index is 782. The summed E-state index contributed by atoms with van der Waals surface area (Å²) < 4.78 is 48.8. The Morgan fingerprint density at radius 3 is 2.56 bits per heavy atom. The average Bonchev–Trinajstić information content (AvgIpc) is 3.03. The smallest absolute Gasteiger partial charge is 0.416 e. The molecule has 1 heterocycles. The molecule has 0 saturated heterocycles. The van der Waals surface area contributed by atoms with E-state index >= 15 is 0 Å². The molecule has 0 bridgehead atoms. The third-order valence-corrected chi connectivity index (χ3v) is 3.09. The third-order valence-electron chi connectivity index (χ3n) is 3.09. The maximum Gasteiger partial charge on any atom is 0.416 e. The van der Waals surface area contributed by atoms with Crippen LogP contribution < -0.4 is 10.1 Å². The molecule has 134 valence electrons. The Morgan fingerprint density at radius 1 is 1.28 bits per heavy atom. The molecule has 0 spiro atoms. The fraction of sp³-hybridized carbons (Fsp3) is 0.250. The monoisotopic (exact) mass is 357 g/mol.